The summed E-state index contributed by atoms with van der Waals surface area (Å²) in [5, 5.41) is 0. The second-order valence-corrected chi connectivity index (χ2v) is 17.6. The molecule has 0 atom stereocenters. The maximum absolute atomic E-state index is 3.95. The summed E-state index contributed by atoms with van der Waals surface area (Å²) in [6, 6.07) is 20.5. The van der Waals surface area contributed by atoms with E-state index in [0.717, 1.165) is 49.5 Å². The molecule has 8 rings (SSSR count). The minimum atomic E-state index is 0.959. The van der Waals surface area contributed by atoms with Crippen molar-refractivity contribution in [2.45, 2.75) is 158 Å². The van der Waals surface area contributed by atoms with Gasteiger partial charge >= 0.3 is 0 Å². The Bertz CT molecular complexity index is 1580. The first kappa shape index (κ1) is 51.9. The third-order valence-electron chi connectivity index (χ3n) is 10.9. The summed E-state index contributed by atoms with van der Waals surface area (Å²) >= 11 is 0. The number of rotatable bonds is 0. The molecule has 0 heteroatoms. The summed E-state index contributed by atoms with van der Waals surface area (Å²) in [5.41, 5.74) is 15.1. The molecule has 2 aromatic rings. The summed E-state index contributed by atoms with van der Waals surface area (Å²) in [6.07, 6.45) is 33.7. The zero-order valence-electron chi connectivity index (χ0n) is 38.7. The molecular formula is C58H84. The Morgan fingerprint density at radius 2 is 0.862 bits per heavy atom. The van der Waals surface area contributed by atoms with Gasteiger partial charge in [-0.05, 0) is 130 Å². The zero-order chi connectivity index (χ0) is 43.1. The van der Waals surface area contributed by atoms with E-state index in [0.29, 0.717) is 0 Å². The Morgan fingerprint density at radius 3 is 1.07 bits per heavy atom. The SMILES string of the molecule is C=C1C=CC(C)=C1.C=C1CC=C(C)C1.C=C1CC=C(C)C1.C=C1CC=C(C)CC1.C=C1CCC(C)CC1.CC1CCCCC1.Cc1ccccc1.Cc1ccccc1. The molecule has 0 heterocycles. The molecular weight excluding hydrogens is 697 g/mol. The van der Waals surface area contributed by atoms with Gasteiger partial charge in [0.25, 0.3) is 0 Å². The molecule has 316 valence electrons. The fourth-order valence-electron chi connectivity index (χ4n) is 6.78. The molecule has 0 amide bonds. The van der Waals surface area contributed by atoms with Crippen molar-refractivity contribution >= 4 is 0 Å². The molecule has 0 bridgehead atoms. The first-order chi connectivity index (χ1) is 27.6. The molecule has 58 heavy (non-hydrogen) atoms. The van der Waals surface area contributed by atoms with Crippen molar-refractivity contribution in [3.05, 3.63) is 191 Å². The number of benzene rings is 2. The summed E-state index contributed by atoms with van der Waals surface area (Å²) in [4.78, 5) is 0. The topological polar surface area (TPSA) is 0 Å². The molecule has 0 aliphatic heterocycles. The van der Waals surface area contributed by atoms with Crippen molar-refractivity contribution in [1.29, 1.82) is 0 Å². The Balaban J connectivity index is 0.000000332. The van der Waals surface area contributed by atoms with Gasteiger partial charge in [0.1, 0.15) is 0 Å². The van der Waals surface area contributed by atoms with Gasteiger partial charge in [-0.15, -0.1) is 0 Å². The van der Waals surface area contributed by atoms with Crippen molar-refractivity contribution in [3.8, 4) is 0 Å². The molecule has 6 aliphatic carbocycles. The van der Waals surface area contributed by atoms with Crippen LogP contribution in [0.15, 0.2) is 180 Å². The van der Waals surface area contributed by atoms with Crippen molar-refractivity contribution < 1.29 is 0 Å². The van der Waals surface area contributed by atoms with Gasteiger partial charge in [0, 0.05) is 0 Å². The first-order valence-electron chi connectivity index (χ1n) is 22.3. The molecule has 0 saturated heterocycles. The van der Waals surface area contributed by atoms with Gasteiger partial charge in [0.05, 0.1) is 0 Å². The normalized spacial score (nSPS) is 18.3. The van der Waals surface area contributed by atoms with Crippen LogP contribution in [0.5, 0.6) is 0 Å². The van der Waals surface area contributed by atoms with Crippen LogP contribution in [0.2, 0.25) is 0 Å². The van der Waals surface area contributed by atoms with Crippen LogP contribution in [-0.2, 0) is 0 Å². The van der Waals surface area contributed by atoms with E-state index in [1.54, 1.807) is 0 Å². The zero-order valence-corrected chi connectivity index (χ0v) is 38.7. The van der Waals surface area contributed by atoms with Gasteiger partial charge in [-0.2, -0.15) is 0 Å². The van der Waals surface area contributed by atoms with Crippen molar-refractivity contribution in [1.82, 2.24) is 0 Å². The van der Waals surface area contributed by atoms with E-state index in [4.69, 9.17) is 0 Å². The fraction of sp³-hybridized carbons (Fsp3) is 0.448. The minimum absolute atomic E-state index is 0.959. The highest BCUT2D eigenvalue weighted by Gasteiger charge is 2.09. The highest BCUT2D eigenvalue weighted by atomic mass is 14.2. The van der Waals surface area contributed by atoms with Crippen LogP contribution < -0.4 is 0 Å². The second kappa shape index (κ2) is 31.8. The Hall–Kier alpha value is -4.16. The van der Waals surface area contributed by atoms with Crippen LogP contribution >= 0.6 is 0 Å². The van der Waals surface area contributed by atoms with Crippen LogP contribution in [0.25, 0.3) is 0 Å². The Labute approximate surface area is 359 Å². The van der Waals surface area contributed by atoms with E-state index in [1.807, 2.05) is 42.5 Å². The number of hydrogen-bond donors (Lipinski definition) is 0. The van der Waals surface area contributed by atoms with Crippen LogP contribution in [0.3, 0.4) is 0 Å². The van der Waals surface area contributed by atoms with Crippen molar-refractivity contribution in [2.24, 2.45) is 11.8 Å². The maximum Gasteiger partial charge on any atom is -0.0111 e. The van der Waals surface area contributed by atoms with E-state index in [2.05, 4.69) is 143 Å². The smallest absolute Gasteiger partial charge is 0.0111 e. The Morgan fingerprint density at radius 1 is 0.431 bits per heavy atom. The van der Waals surface area contributed by atoms with E-state index >= 15 is 0 Å². The van der Waals surface area contributed by atoms with Crippen LogP contribution in [0, 0.1) is 25.7 Å². The Kier molecular flexibility index (Phi) is 28.4. The number of hydrogen-bond acceptors (Lipinski definition) is 0. The number of allylic oxidation sites excluding steroid dienone is 15. The molecule has 0 aromatic heterocycles. The first-order valence-corrected chi connectivity index (χ1v) is 22.3. The van der Waals surface area contributed by atoms with Gasteiger partial charge < -0.3 is 0 Å². The molecule has 0 spiro atoms. The number of aryl methyl sites for hydroxylation is 2. The monoisotopic (exact) mass is 781 g/mol. The lowest BCUT2D eigenvalue weighted by Gasteiger charge is -2.18. The van der Waals surface area contributed by atoms with E-state index in [1.165, 1.54) is 126 Å². The molecule has 0 radical (unpaired) electrons. The summed E-state index contributed by atoms with van der Waals surface area (Å²) < 4.78 is 0. The standard InChI is InChI=1S/C8H14.C8H12.2C7H10.C7H8.C7H14.2C7H8/c2*1-7-3-5-8(2)6-4-7;3*1-6-3-4-7(2)5-6;3*1-7-5-3-2-4-6-7/h8H,1,3-6H2,2H3;5H,1,3-4,6H2,2H3;2*4H,1,3,5H2,2H3;3-5H,1H2,2H3;7H,2-6H2,1H3;2*2-6H,1H3. The lowest BCUT2D eigenvalue weighted by atomic mass is 9.88. The van der Waals surface area contributed by atoms with Crippen LogP contribution in [0.4, 0.5) is 0 Å². The van der Waals surface area contributed by atoms with Gasteiger partial charge in [0.15, 0.2) is 0 Å². The third-order valence-corrected chi connectivity index (χ3v) is 10.9. The summed E-state index contributed by atoms with van der Waals surface area (Å²) in [6.45, 7) is 36.7. The second-order valence-electron chi connectivity index (χ2n) is 17.6. The molecule has 0 N–H and O–H groups in total. The van der Waals surface area contributed by atoms with E-state index in [9.17, 15) is 0 Å². The quantitative estimate of drug-likeness (QED) is 0.234. The highest BCUT2D eigenvalue weighted by Crippen LogP contribution is 2.26. The van der Waals surface area contributed by atoms with Gasteiger partial charge in [-0.3, -0.25) is 0 Å². The minimum Gasteiger partial charge on any atom is -0.0999 e. The van der Waals surface area contributed by atoms with Gasteiger partial charge in [-0.25, -0.2) is 0 Å². The maximum atomic E-state index is 3.95. The van der Waals surface area contributed by atoms with Crippen molar-refractivity contribution in [3.63, 3.8) is 0 Å². The fourth-order valence-corrected chi connectivity index (χ4v) is 6.78. The largest absolute Gasteiger partial charge is 0.0999 e. The van der Waals surface area contributed by atoms with Crippen LogP contribution in [-0.4, -0.2) is 0 Å². The molecule has 0 unspecified atom stereocenters. The molecule has 2 aromatic carbocycles. The predicted molar refractivity (Wildman–Crippen MR) is 264 cm³/mol. The average molecular weight is 781 g/mol. The molecule has 2 fully saturated rings. The lowest BCUT2D eigenvalue weighted by Crippen LogP contribution is -2.02. The highest BCUT2D eigenvalue weighted by molar-refractivity contribution is 5.42. The van der Waals surface area contributed by atoms with E-state index < -0.39 is 0 Å². The van der Waals surface area contributed by atoms with Gasteiger partial charge in [-0.1, -0.05) is 232 Å². The average Bonchev–Trinajstić information content (AvgIpc) is 3.92. The molecule has 2 saturated carbocycles. The summed E-state index contributed by atoms with van der Waals surface area (Å²) in [7, 11) is 0. The lowest BCUT2D eigenvalue weighted by molar-refractivity contribution is 0.385. The molecule has 6 aliphatic rings. The summed E-state index contributed by atoms with van der Waals surface area (Å²) in [5.74, 6) is 1.99. The predicted octanol–water partition coefficient (Wildman–Crippen LogP) is 18.6. The third kappa shape index (κ3) is 30.0. The van der Waals surface area contributed by atoms with Crippen LogP contribution in [0.1, 0.15) is 155 Å². The van der Waals surface area contributed by atoms with Crippen molar-refractivity contribution in [2.75, 3.05) is 0 Å². The van der Waals surface area contributed by atoms with E-state index in [-0.39, 0.29) is 0 Å². The van der Waals surface area contributed by atoms with Gasteiger partial charge in [0.2, 0.25) is 0 Å². The molecule has 0 nitrogen and oxygen atoms in total.